The van der Waals surface area contributed by atoms with E-state index in [1.807, 2.05) is 0 Å². The molecule has 2 aromatic carbocycles. The van der Waals surface area contributed by atoms with Crippen LogP contribution in [0.3, 0.4) is 0 Å². The van der Waals surface area contributed by atoms with Crippen LogP contribution in [0.15, 0.2) is 42.5 Å². The van der Waals surface area contributed by atoms with E-state index < -0.39 is 24.2 Å². The first kappa shape index (κ1) is 23.6. The van der Waals surface area contributed by atoms with Crippen molar-refractivity contribution in [1.82, 2.24) is 9.78 Å². The number of rotatable bonds is 5. The highest BCUT2D eigenvalue weighted by atomic mass is 35.5. The molecule has 2 atom stereocenters. The monoisotopic (exact) mass is 496 g/mol. The third-order valence-electron chi connectivity index (χ3n) is 5.44. The minimum absolute atomic E-state index is 0.00649. The summed E-state index contributed by atoms with van der Waals surface area (Å²) >= 11 is 5.88. The van der Waals surface area contributed by atoms with E-state index in [-0.39, 0.29) is 34.4 Å². The van der Waals surface area contributed by atoms with Crippen LogP contribution in [0.1, 0.15) is 34.6 Å². The van der Waals surface area contributed by atoms with Crippen LogP contribution >= 0.6 is 11.6 Å². The summed E-state index contributed by atoms with van der Waals surface area (Å²) in [6, 6.07) is 7.41. The van der Waals surface area contributed by atoms with Crippen molar-refractivity contribution in [3.05, 3.63) is 58.7 Å². The van der Waals surface area contributed by atoms with Crippen LogP contribution < -0.4 is 20.1 Å². The Morgan fingerprint density at radius 1 is 1.18 bits per heavy atom. The standard InChI is InChI=1S/C22H20ClF3N4O4/c1-33-17-6-3-11(7-18(17)34-2)13-9-19(22(24,25)26)30-20(27-13)10-15(29-30)21(32)28-14-8-12(23)4-5-16(14)31/h3-8,10,13,19,27,31H,9H2,1-2H3,(H,28,32)/t13-,19+/m1/s1. The average molecular weight is 497 g/mol. The van der Waals surface area contributed by atoms with Crippen LogP contribution in [0.2, 0.25) is 5.02 Å². The number of anilines is 2. The number of alkyl halides is 3. The van der Waals surface area contributed by atoms with E-state index in [0.29, 0.717) is 17.1 Å². The number of nitrogens with one attached hydrogen (secondary N) is 2. The molecule has 1 aromatic heterocycles. The first-order valence-corrected chi connectivity index (χ1v) is 10.4. The molecule has 0 saturated carbocycles. The predicted molar refractivity (Wildman–Crippen MR) is 119 cm³/mol. The molecule has 0 spiro atoms. The summed E-state index contributed by atoms with van der Waals surface area (Å²) in [5.74, 6) is -0.200. The fourth-order valence-corrected chi connectivity index (χ4v) is 3.94. The van der Waals surface area contributed by atoms with E-state index in [2.05, 4.69) is 15.7 Å². The van der Waals surface area contributed by atoms with Crippen molar-refractivity contribution in [2.75, 3.05) is 24.9 Å². The number of carbonyl (C=O) groups is 1. The molecule has 8 nitrogen and oxygen atoms in total. The molecular weight excluding hydrogens is 477 g/mol. The maximum absolute atomic E-state index is 13.9. The number of halogens is 4. The van der Waals surface area contributed by atoms with Gasteiger partial charge >= 0.3 is 6.18 Å². The van der Waals surface area contributed by atoms with Crippen molar-refractivity contribution in [3.8, 4) is 17.2 Å². The Morgan fingerprint density at radius 3 is 2.59 bits per heavy atom. The van der Waals surface area contributed by atoms with Crippen LogP contribution in [0, 0.1) is 0 Å². The quantitative estimate of drug-likeness (QED) is 0.421. The number of aromatic hydroxyl groups is 1. The van der Waals surface area contributed by atoms with Crippen molar-refractivity contribution in [2.24, 2.45) is 0 Å². The molecule has 0 bridgehead atoms. The van der Waals surface area contributed by atoms with Gasteiger partial charge in [-0.1, -0.05) is 17.7 Å². The van der Waals surface area contributed by atoms with E-state index in [9.17, 15) is 23.1 Å². The summed E-state index contributed by atoms with van der Waals surface area (Å²) in [5.41, 5.74) is 0.297. The van der Waals surface area contributed by atoms with Gasteiger partial charge in [-0.05, 0) is 35.9 Å². The molecule has 0 aliphatic carbocycles. The Labute approximate surface area is 197 Å². The van der Waals surface area contributed by atoms with E-state index >= 15 is 0 Å². The van der Waals surface area contributed by atoms with Crippen molar-refractivity contribution in [2.45, 2.75) is 24.7 Å². The number of phenolic OH excluding ortho intramolecular Hbond substituents is 1. The number of benzene rings is 2. The first-order chi connectivity index (χ1) is 16.1. The number of methoxy groups -OCH3 is 2. The zero-order chi connectivity index (χ0) is 24.6. The number of hydrogen-bond donors (Lipinski definition) is 3. The van der Waals surface area contributed by atoms with Gasteiger partial charge in [-0.3, -0.25) is 4.79 Å². The highest BCUT2D eigenvalue weighted by Crippen LogP contribution is 2.44. The molecule has 0 radical (unpaired) electrons. The van der Waals surface area contributed by atoms with Gasteiger partial charge in [-0.2, -0.15) is 18.3 Å². The van der Waals surface area contributed by atoms with Crippen LogP contribution in [-0.4, -0.2) is 41.2 Å². The van der Waals surface area contributed by atoms with Gasteiger partial charge < -0.3 is 25.2 Å². The fourth-order valence-electron chi connectivity index (χ4n) is 3.77. The smallest absolute Gasteiger partial charge is 0.410 e. The summed E-state index contributed by atoms with van der Waals surface area (Å²) in [4.78, 5) is 12.7. The lowest BCUT2D eigenvalue weighted by atomic mass is 9.96. The SMILES string of the molecule is COc1ccc([C@H]2C[C@@H](C(F)(F)F)n3nc(C(=O)Nc4cc(Cl)ccc4O)cc3N2)cc1OC. The molecule has 0 saturated heterocycles. The molecule has 0 fully saturated rings. The van der Waals surface area contributed by atoms with Crippen molar-refractivity contribution in [3.63, 3.8) is 0 Å². The topological polar surface area (TPSA) is 97.6 Å². The summed E-state index contributed by atoms with van der Waals surface area (Å²) in [5, 5.41) is 19.5. The minimum atomic E-state index is -4.61. The second-order valence-corrected chi connectivity index (χ2v) is 8.02. The number of nitrogens with zero attached hydrogens (tertiary/aromatic N) is 2. The van der Waals surface area contributed by atoms with E-state index in [1.54, 1.807) is 18.2 Å². The predicted octanol–water partition coefficient (Wildman–Crippen LogP) is 5.17. The highest BCUT2D eigenvalue weighted by Gasteiger charge is 2.47. The number of hydrogen-bond acceptors (Lipinski definition) is 6. The Bertz CT molecular complexity index is 1230. The lowest BCUT2D eigenvalue weighted by molar-refractivity contribution is -0.173. The summed E-state index contributed by atoms with van der Waals surface area (Å²) in [7, 11) is 2.90. The molecule has 2 heterocycles. The first-order valence-electron chi connectivity index (χ1n) is 10.0. The van der Waals surface area contributed by atoms with Gasteiger partial charge in [0.2, 0.25) is 0 Å². The van der Waals surface area contributed by atoms with Gasteiger partial charge in [0.25, 0.3) is 5.91 Å². The molecule has 4 rings (SSSR count). The molecule has 1 aliphatic heterocycles. The number of fused-ring (bicyclic) bond motifs is 1. The van der Waals surface area contributed by atoms with Gasteiger partial charge in [0.05, 0.1) is 25.9 Å². The molecule has 3 aromatic rings. The number of phenols is 1. The molecule has 0 unspecified atom stereocenters. The van der Waals surface area contributed by atoms with Gasteiger partial charge in [-0.25, -0.2) is 4.68 Å². The normalized spacial score (nSPS) is 17.5. The van der Waals surface area contributed by atoms with Gasteiger partial charge in [-0.15, -0.1) is 0 Å². The van der Waals surface area contributed by atoms with E-state index in [1.165, 1.54) is 38.5 Å². The highest BCUT2D eigenvalue weighted by molar-refractivity contribution is 6.31. The Morgan fingerprint density at radius 2 is 1.91 bits per heavy atom. The second-order valence-electron chi connectivity index (χ2n) is 7.58. The van der Waals surface area contributed by atoms with Crippen LogP contribution in [0.25, 0.3) is 0 Å². The number of ether oxygens (including phenoxy) is 2. The lowest BCUT2D eigenvalue weighted by Gasteiger charge is -2.33. The van der Waals surface area contributed by atoms with Crippen molar-refractivity contribution >= 4 is 29.0 Å². The zero-order valence-electron chi connectivity index (χ0n) is 18.0. The second kappa shape index (κ2) is 8.98. The number of amides is 1. The fraction of sp³-hybridized carbons (Fsp3) is 0.273. The van der Waals surface area contributed by atoms with Crippen molar-refractivity contribution < 1.29 is 32.5 Å². The average Bonchev–Trinajstić information content (AvgIpc) is 3.24. The molecule has 1 aliphatic rings. The Kier molecular flexibility index (Phi) is 6.22. The maximum Gasteiger partial charge on any atom is 0.410 e. The maximum atomic E-state index is 13.9. The summed E-state index contributed by atoms with van der Waals surface area (Å²) < 4.78 is 53.1. The molecule has 180 valence electrons. The van der Waals surface area contributed by atoms with E-state index in [0.717, 1.165) is 4.68 Å². The third kappa shape index (κ3) is 4.56. The molecule has 34 heavy (non-hydrogen) atoms. The van der Waals surface area contributed by atoms with Gasteiger partial charge in [0, 0.05) is 17.5 Å². The number of carbonyl (C=O) groups excluding carboxylic acids is 1. The summed E-state index contributed by atoms with van der Waals surface area (Å²) in [6.45, 7) is 0. The molecule has 3 N–H and O–H groups in total. The van der Waals surface area contributed by atoms with Gasteiger partial charge in [0.1, 0.15) is 11.6 Å². The molecule has 12 heteroatoms. The third-order valence-corrected chi connectivity index (χ3v) is 5.67. The molecular formula is C22H20ClF3N4O4. The van der Waals surface area contributed by atoms with E-state index in [4.69, 9.17) is 21.1 Å². The Balaban J connectivity index is 1.66. The van der Waals surface area contributed by atoms with Gasteiger partial charge in [0.15, 0.2) is 23.2 Å². The summed E-state index contributed by atoms with van der Waals surface area (Å²) in [6.07, 6.45) is -4.97. The van der Waals surface area contributed by atoms with Crippen molar-refractivity contribution in [1.29, 1.82) is 0 Å². The largest absolute Gasteiger partial charge is 0.506 e. The zero-order valence-corrected chi connectivity index (χ0v) is 18.7. The van der Waals surface area contributed by atoms with Crippen LogP contribution in [-0.2, 0) is 0 Å². The van der Waals surface area contributed by atoms with Crippen LogP contribution in [0.5, 0.6) is 17.2 Å². The number of aromatic nitrogens is 2. The molecule has 1 amide bonds. The minimum Gasteiger partial charge on any atom is -0.506 e. The lowest BCUT2D eigenvalue weighted by Crippen LogP contribution is -2.35. The van der Waals surface area contributed by atoms with Crippen LogP contribution in [0.4, 0.5) is 24.7 Å². The Hall–Kier alpha value is -3.60.